The predicted molar refractivity (Wildman–Crippen MR) is 65.3 cm³/mol. The molecule has 6 heteroatoms. The van der Waals surface area contributed by atoms with E-state index in [-0.39, 0.29) is 0 Å². The summed E-state index contributed by atoms with van der Waals surface area (Å²) in [6.45, 7) is 2.74. The Morgan fingerprint density at radius 2 is 1.84 bits per heavy atom. The lowest BCUT2D eigenvalue weighted by Gasteiger charge is -2.26. The first-order valence-electron chi connectivity index (χ1n) is 6.21. The quantitative estimate of drug-likeness (QED) is 0.539. The normalized spacial score (nSPS) is 24.3. The molecule has 0 radical (unpaired) electrons. The maximum Gasteiger partial charge on any atom is 0.309 e. The standard InChI is InChI=1S/C13H18O6/c1-2-10(14)11(15)7-19-13(18)9-6-4-3-5-8(9)12(16)17/h2,8-9,11,15H,1,3-7H2,(H,16,17). The van der Waals surface area contributed by atoms with E-state index in [1.165, 1.54) is 0 Å². The molecule has 1 saturated carbocycles. The number of aliphatic carboxylic acids is 1. The second kappa shape index (κ2) is 7.04. The summed E-state index contributed by atoms with van der Waals surface area (Å²) in [5.41, 5.74) is 0. The van der Waals surface area contributed by atoms with E-state index in [1.54, 1.807) is 0 Å². The molecular weight excluding hydrogens is 252 g/mol. The van der Waals surface area contributed by atoms with Gasteiger partial charge in [-0.15, -0.1) is 0 Å². The zero-order valence-corrected chi connectivity index (χ0v) is 10.6. The molecule has 3 atom stereocenters. The number of rotatable bonds is 6. The highest BCUT2D eigenvalue weighted by Crippen LogP contribution is 2.31. The minimum atomic E-state index is -1.44. The van der Waals surface area contributed by atoms with Crippen LogP contribution in [0.25, 0.3) is 0 Å². The van der Waals surface area contributed by atoms with Crippen molar-refractivity contribution in [2.24, 2.45) is 11.8 Å². The zero-order chi connectivity index (χ0) is 14.4. The van der Waals surface area contributed by atoms with Crippen molar-refractivity contribution in [3.63, 3.8) is 0 Å². The highest BCUT2D eigenvalue weighted by molar-refractivity contribution is 5.93. The third-order valence-electron chi connectivity index (χ3n) is 3.30. The van der Waals surface area contributed by atoms with E-state index >= 15 is 0 Å². The van der Waals surface area contributed by atoms with Crippen LogP contribution in [-0.2, 0) is 19.1 Å². The molecule has 1 fully saturated rings. The van der Waals surface area contributed by atoms with Gasteiger partial charge >= 0.3 is 11.9 Å². The van der Waals surface area contributed by atoms with Crippen molar-refractivity contribution in [1.82, 2.24) is 0 Å². The Balaban J connectivity index is 2.53. The number of hydrogen-bond acceptors (Lipinski definition) is 5. The van der Waals surface area contributed by atoms with E-state index in [0.717, 1.165) is 18.9 Å². The smallest absolute Gasteiger partial charge is 0.309 e. The fraction of sp³-hybridized carbons (Fsp3) is 0.615. The molecule has 1 rings (SSSR count). The first-order valence-corrected chi connectivity index (χ1v) is 6.21. The number of ketones is 1. The molecule has 0 heterocycles. The van der Waals surface area contributed by atoms with Crippen LogP contribution < -0.4 is 0 Å². The summed E-state index contributed by atoms with van der Waals surface area (Å²) >= 11 is 0. The molecule has 0 saturated heterocycles. The Hall–Kier alpha value is -1.69. The molecule has 0 spiro atoms. The summed E-state index contributed by atoms with van der Waals surface area (Å²) in [5.74, 6) is -3.75. The van der Waals surface area contributed by atoms with Gasteiger partial charge in [-0.3, -0.25) is 14.4 Å². The van der Waals surface area contributed by atoms with Crippen molar-refractivity contribution in [3.8, 4) is 0 Å². The van der Waals surface area contributed by atoms with Gasteiger partial charge in [0.05, 0.1) is 11.8 Å². The van der Waals surface area contributed by atoms with Crippen LogP contribution in [0.2, 0.25) is 0 Å². The van der Waals surface area contributed by atoms with Gasteiger partial charge in [0.2, 0.25) is 0 Å². The van der Waals surface area contributed by atoms with Crippen LogP contribution in [0.15, 0.2) is 12.7 Å². The first-order chi connectivity index (χ1) is 8.97. The van der Waals surface area contributed by atoms with Crippen LogP contribution in [0.3, 0.4) is 0 Å². The number of carboxylic acid groups (broad SMARTS) is 1. The lowest BCUT2D eigenvalue weighted by atomic mass is 9.79. The molecule has 0 aromatic carbocycles. The topological polar surface area (TPSA) is 101 Å². The second-order valence-electron chi connectivity index (χ2n) is 4.59. The molecule has 0 amide bonds. The van der Waals surface area contributed by atoms with Crippen LogP contribution in [0.1, 0.15) is 25.7 Å². The molecule has 0 aliphatic heterocycles. The van der Waals surface area contributed by atoms with Crippen LogP contribution in [0, 0.1) is 11.8 Å². The molecule has 106 valence electrons. The summed E-state index contributed by atoms with van der Waals surface area (Å²) in [7, 11) is 0. The van der Waals surface area contributed by atoms with E-state index in [4.69, 9.17) is 9.84 Å². The Bertz CT molecular complexity index is 375. The summed E-state index contributed by atoms with van der Waals surface area (Å²) in [5, 5.41) is 18.4. The summed E-state index contributed by atoms with van der Waals surface area (Å²) in [6.07, 6.45) is 1.97. The average Bonchev–Trinajstić information content (AvgIpc) is 2.43. The van der Waals surface area contributed by atoms with Gasteiger partial charge in [0, 0.05) is 0 Å². The van der Waals surface area contributed by atoms with Gasteiger partial charge in [0.15, 0.2) is 11.9 Å². The molecule has 19 heavy (non-hydrogen) atoms. The van der Waals surface area contributed by atoms with E-state index in [1.807, 2.05) is 0 Å². The summed E-state index contributed by atoms with van der Waals surface area (Å²) in [4.78, 5) is 33.9. The Morgan fingerprint density at radius 3 is 2.37 bits per heavy atom. The third-order valence-corrected chi connectivity index (χ3v) is 3.30. The van der Waals surface area contributed by atoms with Gasteiger partial charge in [0.1, 0.15) is 6.61 Å². The van der Waals surface area contributed by atoms with Gasteiger partial charge in [-0.05, 0) is 18.9 Å². The molecule has 1 aliphatic carbocycles. The predicted octanol–water partition coefficient (Wildman–Crippen LogP) is 0.537. The van der Waals surface area contributed by atoms with E-state index in [2.05, 4.69) is 6.58 Å². The van der Waals surface area contributed by atoms with Gasteiger partial charge < -0.3 is 14.9 Å². The fourth-order valence-electron chi connectivity index (χ4n) is 2.19. The van der Waals surface area contributed by atoms with Crippen molar-refractivity contribution >= 4 is 17.7 Å². The summed E-state index contributed by atoms with van der Waals surface area (Å²) < 4.78 is 4.83. The average molecular weight is 270 g/mol. The van der Waals surface area contributed by atoms with Crippen molar-refractivity contribution in [3.05, 3.63) is 12.7 Å². The third kappa shape index (κ3) is 4.17. The van der Waals surface area contributed by atoms with E-state index < -0.39 is 42.3 Å². The van der Waals surface area contributed by atoms with Crippen molar-refractivity contribution in [2.45, 2.75) is 31.8 Å². The molecule has 3 unspecified atom stereocenters. The molecule has 0 aromatic rings. The summed E-state index contributed by atoms with van der Waals surface area (Å²) in [6, 6.07) is 0. The van der Waals surface area contributed by atoms with Gasteiger partial charge in [-0.25, -0.2) is 0 Å². The fourth-order valence-corrected chi connectivity index (χ4v) is 2.19. The van der Waals surface area contributed by atoms with E-state index in [0.29, 0.717) is 12.8 Å². The highest BCUT2D eigenvalue weighted by Gasteiger charge is 2.37. The van der Waals surface area contributed by atoms with Crippen molar-refractivity contribution in [1.29, 1.82) is 0 Å². The number of esters is 1. The number of aliphatic hydroxyl groups excluding tert-OH is 1. The Labute approximate surface area is 111 Å². The monoisotopic (exact) mass is 270 g/mol. The molecular formula is C13H18O6. The number of carbonyl (C=O) groups is 3. The molecule has 0 aromatic heterocycles. The maximum atomic E-state index is 11.8. The van der Waals surface area contributed by atoms with Crippen molar-refractivity contribution in [2.75, 3.05) is 6.61 Å². The van der Waals surface area contributed by atoms with Crippen LogP contribution in [-0.4, -0.2) is 40.6 Å². The van der Waals surface area contributed by atoms with E-state index in [9.17, 15) is 19.5 Å². The van der Waals surface area contributed by atoms with Gasteiger partial charge in [-0.1, -0.05) is 19.4 Å². The number of aliphatic hydroxyl groups is 1. The largest absolute Gasteiger partial charge is 0.481 e. The molecule has 2 N–H and O–H groups in total. The molecule has 0 bridgehead atoms. The molecule has 6 nitrogen and oxygen atoms in total. The zero-order valence-electron chi connectivity index (χ0n) is 10.6. The first kappa shape index (κ1) is 15.4. The SMILES string of the molecule is C=CC(=O)C(O)COC(=O)C1CCCCC1C(=O)O. The highest BCUT2D eigenvalue weighted by atomic mass is 16.5. The minimum Gasteiger partial charge on any atom is -0.481 e. The lowest BCUT2D eigenvalue weighted by molar-refractivity contribution is -0.162. The Kier molecular flexibility index (Phi) is 5.69. The van der Waals surface area contributed by atoms with Crippen molar-refractivity contribution < 1.29 is 29.3 Å². The van der Waals surface area contributed by atoms with Crippen LogP contribution >= 0.6 is 0 Å². The van der Waals surface area contributed by atoms with Gasteiger partial charge in [-0.2, -0.15) is 0 Å². The van der Waals surface area contributed by atoms with Crippen LogP contribution in [0.5, 0.6) is 0 Å². The Morgan fingerprint density at radius 1 is 1.26 bits per heavy atom. The second-order valence-corrected chi connectivity index (χ2v) is 4.59. The van der Waals surface area contributed by atoms with Crippen LogP contribution in [0.4, 0.5) is 0 Å². The van der Waals surface area contributed by atoms with Gasteiger partial charge in [0.25, 0.3) is 0 Å². The maximum absolute atomic E-state index is 11.8. The number of hydrogen-bond donors (Lipinski definition) is 2. The molecule has 1 aliphatic rings. The number of ether oxygens (including phenoxy) is 1. The number of carboxylic acids is 1. The lowest BCUT2D eigenvalue weighted by Crippen LogP contribution is -2.35. The minimum absolute atomic E-state index is 0.448. The number of carbonyl (C=O) groups excluding carboxylic acids is 2.